The highest BCUT2D eigenvalue weighted by Crippen LogP contribution is 2.28. The van der Waals surface area contributed by atoms with E-state index >= 15 is 0 Å². The molecule has 0 aliphatic carbocycles. The molecule has 0 fully saturated rings. The topological polar surface area (TPSA) is 58.6 Å². The molecule has 0 saturated heterocycles. The number of nitrogens with one attached hydrogen (secondary N) is 1. The Bertz CT molecular complexity index is 921. The van der Waals surface area contributed by atoms with Crippen LogP contribution in [0.3, 0.4) is 0 Å². The Balaban J connectivity index is 2.20. The van der Waals surface area contributed by atoms with Crippen LogP contribution < -0.4 is 10.1 Å². The Morgan fingerprint density at radius 3 is 2.36 bits per heavy atom. The summed E-state index contributed by atoms with van der Waals surface area (Å²) < 4.78 is 5.32. The molecule has 0 saturated carbocycles. The smallest absolute Gasteiger partial charge is 0.243 e. The Morgan fingerprint density at radius 2 is 1.76 bits per heavy atom. The van der Waals surface area contributed by atoms with Crippen molar-refractivity contribution >= 4 is 46.8 Å². The van der Waals surface area contributed by atoms with E-state index in [-0.39, 0.29) is 23.6 Å². The number of rotatable bonds is 12. The zero-order valence-corrected chi connectivity index (χ0v) is 21.9. The SMILES string of the molecule is CC[C@@H](C)NC(=O)[C@@H](CC)N(Cc1cccc(OC)c1)C(=O)CSCc1c(Cl)cccc1Cl. The molecule has 0 radical (unpaired) electrons. The van der Waals surface area contributed by atoms with E-state index in [1.54, 1.807) is 30.2 Å². The fourth-order valence-corrected chi connectivity index (χ4v) is 4.97. The first kappa shape index (κ1) is 27.4. The molecule has 0 heterocycles. The van der Waals surface area contributed by atoms with Gasteiger partial charge in [0.25, 0.3) is 0 Å². The van der Waals surface area contributed by atoms with Gasteiger partial charge in [-0.25, -0.2) is 0 Å². The van der Waals surface area contributed by atoms with Gasteiger partial charge in [-0.2, -0.15) is 0 Å². The molecule has 33 heavy (non-hydrogen) atoms. The fraction of sp³-hybridized carbons (Fsp3) is 0.440. The summed E-state index contributed by atoms with van der Waals surface area (Å²) in [7, 11) is 1.60. The summed E-state index contributed by atoms with van der Waals surface area (Å²) in [4.78, 5) is 28.0. The molecule has 0 aromatic heterocycles. The van der Waals surface area contributed by atoms with Gasteiger partial charge < -0.3 is 15.0 Å². The molecule has 5 nitrogen and oxygen atoms in total. The van der Waals surface area contributed by atoms with Gasteiger partial charge in [0.2, 0.25) is 11.8 Å². The average Bonchev–Trinajstić information content (AvgIpc) is 2.80. The summed E-state index contributed by atoms with van der Waals surface area (Å²) in [6.07, 6.45) is 1.33. The quantitative estimate of drug-likeness (QED) is 0.382. The largest absolute Gasteiger partial charge is 0.497 e. The van der Waals surface area contributed by atoms with E-state index in [0.29, 0.717) is 34.5 Å². The summed E-state index contributed by atoms with van der Waals surface area (Å²) in [6, 6.07) is 12.4. The molecule has 0 spiro atoms. The number of amides is 2. The Labute approximate surface area is 211 Å². The maximum absolute atomic E-state index is 13.4. The predicted octanol–water partition coefficient (Wildman–Crippen LogP) is 5.96. The van der Waals surface area contributed by atoms with Crippen LogP contribution in [-0.2, 0) is 21.9 Å². The van der Waals surface area contributed by atoms with Gasteiger partial charge in [0, 0.05) is 28.4 Å². The van der Waals surface area contributed by atoms with Crippen LogP contribution in [0.2, 0.25) is 10.0 Å². The van der Waals surface area contributed by atoms with E-state index in [2.05, 4.69) is 5.32 Å². The standard InChI is InChI=1S/C25H32Cl2N2O3S/c1-5-17(3)28-25(31)23(6-2)29(14-18-9-7-10-19(13-18)32-4)24(30)16-33-15-20-21(26)11-8-12-22(20)27/h7-13,17,23H,5-6,14-16H2,1-4H3,(H,28,31)/t17-,23-/m1/s1. The van der Waals surface area contributed by atoms with Crippen LogP contribution in [0.15, 0.2) is 42.5 Å². The number of carbonyl (C=O) groups is 2. The number of hydrogen-bond acceptors (Lipinski definition) is 4. The molecule has 0 bridgehead atoms. The van der Waals surface area contributed by atoms with Crippen molar-refractivity contribution in [3.8, 4) is 5.75 Å². The van der Waals surface area contributed by atoms with Crippen molar-refractivity contribution in [1.29, 1.82) is 0 Å². The summed E-state index contributed by atoms with van der Waals surface area (Å²) >= 11 is 14.0. The summed E-state index contributed by atoms with van der Waals surface area (Å²) in [5.74, 6) is 1.17. The zero-order valence-electron chi connectivity index (χ0n) is 19.6. The van der Waals surface area contributed by atoms with Gasteiger partial charge in [-0.05, 0) is 55.2 Å². The molecular weight excluding hydrogens is 479 g/mol. The first-order chi connectivity index (χ1) is 15.8. The van der Waals surface area contributed by atoms with Crippen molar-refractivity contribution in [1.82, 2.24) is 10.2 Å². The van der Waals surface area contributed by atoms with Crippen molar-refractivity contribution in [3.63, 3.8) is 0 Å². The van der Waals surface area contributed by atoms with Gasteiger partial charge in [0.1, 0.15) is 11.8 Å². The number of nitrogens with zero attached hydrogens (tertiary/aromatic N) is 1. The van der Waals surface area contributed by atoms with Gasteiger partial charge in [-0.1, -0.05) is 55.2 Å². The lowest BCUT2D eigenvalue weighted by Crippen LogP contribution is -2.51. The second kappa shape index (κ2) is 13.7. The highest BCUT2D eigenvalue weighted by atomic mass is 35.5. The minimum Gasteiger partial charge on any atom is -0.497 e. The lowest BCUT2D eigenvalue weighted by molar-refractivity contribution is -0.139. The highest BCUT2D eigenvalue weighted by molar-refractivity contribution is 7.99. The van der Waals surface area contributed by atoms with Crippen LogP contribution in [0.25, 0.3) is 0 Å². The third kappa shape index (κ3) is 8.13. The van der Waals surface area contributed by atoms with Crippen LogP contribution in [0.1, 0.15) is 44.7 Å². The molecule has 2 amide bonds. The summed E-state index contributed by atoms with van der Waals surface area (Å²) in [5.41, 5.74) is 1.70. The monoisotopic (exact) mass is 510 g/mol. The van der Waals surface area contributed by atoms with Crippen molar-refractivity contribution in [2.75, 3.05) is 12.9 Å². The maximum atomic E-state index is 13.4. The Hall–Kier alpha value is -1.89. The van der Waals surface area contributed by atoms with E-state index in [0.717, 1.165) is 17.5 Å². The van der Waals surface area contributed by atoms with Crippen molar-refractivity contribution in [2.45, 2.75) is 58.0 Å². The summed E-state index contributed by atoms with van der Waals surface area (Å²) in [5, 5.41) is 4.18. The molecule has 0 unspecified atom stereocenters. The molecule has 2 aromatic rings. The minimum atomic E-state index is -0.567. The van der Waals surface area contributed by atoms with Crippen molar-refractivity contribution in [2.24, 2.45) is 0 Å². The lowest BCUT2D eigenvalue weighted by atomic mass is 10.1. The minimum absolute atomic E-state index is 0.0389. The van der Waals surface area contributed by atoms with Gasteiger partial charge in [0.05, 0.1) is 12.9 Å². The second-order valence-corrected chi connectivity index (χ2v) is 9.61. The Morgan fingerprint density at radius 1 is 1.09 bits per heavy atom. The third-order valence-corrected chi connectivity index (χ3v) is 7.06. The number of benzene rings is 2. The molecule has 1 N–H and O–H groups in total. The predicted molar refractivity (Wildman–Crippen MR) is 138 cm³/mol. The van der Waals surface area contributed by atoms with Crippen LogP contribution in [0.4, 0.5) is 0 Å². The molecule has 180 valence electrons. The van der Waals surface area contributed by atoms with E-state index in [9.17, 15) is 9.59 Å². The maximum Gasteiger partial charge on any atom is 0.243 e. The number of hydrogen-bond donors (Lipinski definition) is 1. The van der Waals surface area contributed by atoms with E-state index in [1.165, 1.54) is 11.8 Å². The van der Waals surface area contributed by atoms with Crippen molar-refractivity contribution in [3.05, 3.63) is 63.6 Å². The first-order valence-electron chi connectivity index (χ1n) is 11.0. The molecule has 2 rings (SSSR count). The summed E-state index contributed by atoms with van der Waals surface area (Å²) in [6.45, 7) is 6.21. The van der Waals surface area contributed by atoms with Crippen LogP contribution in [-0.4, -0.2) is 41.7 Å². The first-order valence-corrected chi connectivity index (χ1v) is 12.9. The van der Waals surface area contributed by atoms with Crippen LogP contribution in [0, 0.1) is 0 Å². The van der Waals surface area contributed by atoms with E-state index in [1.807, 2.05) is 45.0 Å². The van der Waals surface area contributed by atoms with Gasteiger partial charge in [-0.15, -0.1) is 11.8 Å². The molecular formula is C25H32Cl2N2O3S. The van der Waals surface area contributed by atoms with E-state index < -0.39 is 6.04 Å². The average molecular weight is 512 g/mol. The van der Waals surface area contributed by atoms with Crippen molar-refractivity contribution < 1.29 is 14.3 Å². The second-order valence-electron chi connectivity index (χ2n) is 7.81. The molecule has 0 aliphatic heterocycles. The molecule has 8 heteroatoms. The lowest BCUT2D eigenvalue weighted by Gasteiger charge is -2.31. The van der Waals surface area contributed by atoms with Gasteiger partial charge in [0.15, 0.2) is 0 Å². The van der Waals surface area contributed by atoms with Crippen LogP contribution in [0.5, 0.6) is 5.75 Å². The zero-order chi connectivity index (χ0) is 24.4. The Kier molecular flexibility index (Phi) is 11.4. The highest BCUT2D eigenvalue weighted by Gasteiger charge is 2.29. The number of methoxy groups -OCH3 is 1. The molecule has 0 aliphatic rings. The van der Waals surface area contributed by atoms with E-state index in [4.69, 9.17) is 27.9 Å². The fourth-order valence-electron chi connectivity index (χ4n) is 3.32. The molecule has 2 aromatic carbocycles. The van der Waals surface area contributed by atoms with Gasteiger partial charge in [-0.3, -0.25) is 9.59 Å². The number of halogens is 2. The molecule has 2 atom stereocenters. The van der Waals surface area contributed by atoms with Gasteiger partial charge >= 0.3 is 0 Å². The third-order valence-electron chi connectivity index (χ3n) is 5.41. The number of thioether (sulfide) groups is 1. The number of carbonyl (C=O) groups excluding carboxylic acids is 2. The number of ether oxygens (including phenoxy) is 1. The normalized spacial score (nSPS) is 12.7. The van der Waals surface area contributed by atoms with Crippen LogP contribution >= 0.6 is 35.0 Å².